The van der Waals surface area contributed by atoms with Crippen LogP contribution >= 0.6 is 15.9 Å². The van der Waals surface area contributed by atoms with Crippen molar-refractivity contribution < 1.29 is 31.1 Å². The molecule has 0 unspecified atom stereocenters. The van der Waals surface area contributed by atoms with Crippen molar-refractivity contribution in [2.45, 2.75) is 11.1 Å². The second-order valence-electron chi connectivity index (χ2n) is 3.98. The van der Waals surface area contributed by atoms with E-state index in [9.17, 15) is 26.0 Å². The second kappa shape index (κ2) is 6.46. The van der Waals surface area contributed by atoms with E-state index in [1.807, 2.05) is 0 Å². The summed E-state index contributed by atoms with van der Waals surface area (Å²) in [6.45, 7) is -3.51. The quantitative estimate of drug-likeness (QED) is 0.588. The third kappa shape index (κ3) is 4.53. The maximum Gasteiger partial charge on any atom is 0.402 e. The minimum absolute atomic E-state index is 0.0568. The van der Waals surface area contributed by atoms with E-state index >= 15 is 0 Å². The zero-order chi connectivity index (χ0) is 16.4. The summed E-state index contributed by atoms with van der Waals surface area (Å²) < 4.78 is 75.1. The van der Waals surface area contributed by atoms with Crippen molar-refractivity contribution in [3.05, 3.63) is 22.4 Å². The van der Waals surface area contributed by atoms with Gasteiger partial charge in [-0.3, -0.25) is 0 Å². The van der Waals surface area contributed by atoms with Gasteiger partial charge in [0.05, 0.1) is 6.61 Å². The summed E-state index contributed by atoms with van der Waals surface area (Å²) >= 11 is 2.87. The standard InChI is InChI=1S/C10H11BrF4N2O3S/c11-6-3-7(12)9(4-8(6)16)21(19,20)17(1-2-18)5-10(13,14)15/h3-4,18H,1-2,5,16H2. The van der Waals surface area contributed by atoms with Gasteiger partial charge in [-0.15, -0.1) is 0 Å². The first-order chi connectivity index (χ1) is 9.49. The lowest BCUT2D eigenvalue weighted by molar-refractivity contribution is -0.136. The summed E-state index contributed by atoms with van der Waals surface area (Å²) in [5, 5.41) is 8.71. The van der Waals surface area contributed by atoms with Crippen molar-refractivity contribution in [1.29, 1.82) is 0 Å². The van der Waals surface area contributed by atoms with Crippen LogP contribution in [-0.4, -0.2) is 43.7 Å². The molecule has 0 amide bonds. The van der Waals surface area contributed by atoms with E-state index in [1.165, 1.54) is 0 Å². The molecule has 0 aliphatic carbocycles. The van der Waals surface area contributed by atoms with E-state index in [0.717, 1.165) is 12.1 Å². The molecule has 0 bridgehead atoms. The van der Waals surface area contributed by atoms with Gasteiger partial charge < -0.3 is 10.8 Å². The Morgan fingerprint density at radius 3 is 2.38 bits per heavy atom. The normalized spacial score (nSPS) is 12.9. The molecule has 0 aliphatic rings. The highest BCUT2D eigenvalue weighted by Gasteiger charge is 2.38. The number of rotatable bonds is 5. The molecule has 11 heteroatoms. The van der Waals surface area contributed by atoms with E-state index in [4.69, 9.17) is 10.8 Å². The number of benzene rings is 1. The van der Waals surface area contributed by atoms with Crippen molar-refractivity contribution in [1.82, 2.24) is 4.31 Å². The smallest absolute Gasteiger partial charge is 0.398 e. The third-order valence-corrected chi connectivity index (χ3v) is 4.92. The summed E-state index contributed by atoms with van der Waals surface area (Å²) in [4.78, 5) is -0.985. The molecule has 0 aliphatic heterocycles. The lowest BCUT2D eigenvalue weighted by Gasteiger charge is -2.23. The van der Waals surface area contributed by atoms with Gasteiger partial charge in [-0.2, -0.15) is 17.5 Å². The summed E-state index contributed by atoms with van der Waals surface area (Å²) in [5.74, 6) is -1.25. The Hall–Kier alpha value is -0.910. The van der Waals surface area contributed by atoms with Crippen molar-refractivity contribution >= 4 is 31.6 Å². The molecule has 0 atom stereocenters. The Bertz CT molecular complexity index is 621. The molecule has 1 aromatic rings. The molecule has 0 saturated carbocycles. The molecule has 0 heterocycles. The zero-order valence-corrected chi connectivity index (χ0v) is 12.8. The molecule has 0 spiro atoms. The summed E-state index contributed by atoms with van der Waals surface area (Å²) in [5.41, 5.74) is 5.27. The molecule has 21 heavy (non-hydrogen) atoms. The first kappa shape index (κ1) is 18.1. The topological polar surface area (TPSA) is 83.6 Å². The maximum atomic E-state index is 13.7. The van der Waals surface area contributed by atoms with Crippen molar-refractivity contribution in [2.24, 2.45) is 0 Å². The van der Waals surface area contributed by atoms with Gasteiger partial charge >= 0.3 is 6.18 Å². The van der Waals surface area contributed by atoms with Gasteiger partial charge in [-0.05, 0) is 28.1 Å². The fourth-order valence-electron chi connectivity index (χ4n) is 1.48. The minimum Gasteiger partial charge on any atom is -0.398 e. The van der Waals surface area contributed by atoms with Crippen LogP contribution < -0.4 is 5.73 Å². The fraction of sp³-hybridized carbons (Fsp3) is 0.400. The number of hydrogen-bond acceptors (Lipinski definition) is 4. The van der Waals surface area contributed by atoms with Gasteiger partial charge in [0.25, 0.3) is 0 Å². The molecule has 120 valence electrons. The number of hydrogen-bond donors (Lipinski definition) is 2. The molecule has 0 saturated heterocycles. The van der Waals surface area contributed by atoms with Gasteiger partial charge in [0.2, 0.25) is 10.0 Å². The Labute approximate surface area is 126 Å². The van der Waals surface area contributed by atoms with Crippen LogP contribution in [0.1, 0.15) is 0 Å². The first-order valence-electron chi connectivity index (χ1n) is 5.41. The number of nitrogen functional groups attached to an aromatic ring is 1. The first-order valence-corrected chi connectivity index (χ1v) is 7.64. The van der Waals surface area contributed by atoms with E-state index in [1.54, 1.807) is 0 Å². The molecule has 0 fully saturated rings. The summed E-state index contributed by atoms with van der Waals surface area (Å²) in [7, 11) is -4.79. The monoisotopic (exact) mass is 394 g/mol. The van der Waals surface area contributed by atoms with Crippen molar-refractivity contribution in [3.63, 3.8) is 0 Å². The number of anilines is 1. The fourth-order valence-corrected chi connectivity index (χ4v) is 3.29. The highest BCUT2D eigenvalue weighted by Crippen LogP contribution is 2.29. The maximum absolute atomic E-state index is 13.7. The lowest BCUT2D eigenvalue weighted by atomic mass is 10.3. The van der Waals surface area contributed by atoms with Crippen LogP contribution in [0.25, 0.3) is 0 Å². The number of aliphatic hydroxyl groups excluding tert-OH is 1. The molecule has 0 radical (unpaired) electrons. The predicted octanol–water partition coefficient (Wildman–Crippen LogP) is 1.72. The Balaban J connectivity index is 3.32. The van der Waals surface area contributed by atoms with Gasteiger partial charge in [0.15, 0.2) is 0 Å². The van der Waals surface area contributed by atoms with Gasteiger partial charge in [0, 0.05) is 16.7 Å². The van der Waals surface area contributed by atoms with Gasteiger partial charge in [-0.1, -0.05) is 0 Å². The van der Waals surface area contributed by atoms with Gasteiger partial charge in [0.1, 0.15) is 17.3 Å². The van der Waals surface area contributed by atoms with Crippen LogP contribution in [-0.2, 0) is 10.0 Å². The van der Waals surface area contributed by atoms with Crippen LogP contribution in [0.15, 0.2) is 21.5 Å². The Morgan fingerprint density at radius 2 is 1.90 bits per heavy atom. The molecule has 0 aromatic heterocycles. The van der Waals surface area contributed by atoms with Crippen LogP contribution in [0.3, 0.4) is 0 Å². The average molecular weight is 395 g/mol. The highest BCUT2D eigenvalue weighted by molar-refractivity contribution is 9.10. The average Bonchev–Trinajstić information content (AvgIpc) is 2.31. The van der Waals surface area contributed by atoms with Crippen LogP contribution in [0.5, 0.6) is 0 Å². The minimum atomic E-state index is -4.83. The van der Waals surface area contributed by atoms with Crippen molar-refractivity contribution in [2.75, 3.05) is 25.4 Å². The molecule has 1 rings (SSSR count). The Kier molecular flexibility index (Phi) is 5.58. The molecule has 3 N–H and O–H groups in total. The number of nitrogens with two attached hydrogens (primary N) is 1. The number of aliphatic hydroxyl groups is 1. The summed E-state index contributed by atoms with van der Waals surface area (Å²) in [6.07, 6.45) is -4.83. The molecule has 5 nitrogen and oxygen atoms in total. The lowest BCUT2D eigenvalue weighted by Crippen LogP contribution is -2.40. The number of sulfonamides is 1. The highest BCUT2D eigenvalue weighted by atomic mass is 79.9. The molecule has 1 aromatic carbocycles. The predicted molar refractivity (Wildman–Crippen MR) is 70.4 cm³/mol. The number of alkyl halides is 3. The number of nitrogens with zero attached hydrogens (tertiary/aromatic N) is 1. The van der Waals surface area contributed by atoms with E-state index in [2.05, 4.69) is 15.9 Å². The van der Waals surface area contributed by atoms with Crippen LogP contribution in [0.4, 0.5) is 23.2 Å². The van der Waals surface area contributed by atoms with E-state index in [0.29, 0.717) is 0 Å². The Morgan fingerprint density at radius 1 is 1.33 bits per heavy atom. The van der Waals surface area contributed by atoms with Crippen LogP contribution in [0, 0.1) is 5.82 Å². The largest absolute Gasteiger partial charge is 0.402 e. The van der Waals surface area contributed by atoms with Gasteiger partial charge in [-0.25, -0.2) is 12.8 Å². The summed E-state index contributed by atoms with van der Waals surface area (Å²) in [6, 6.07) is 1.46. The zero-order valence-electron chi connectivity index (χ0n) is 10.4. The SMILES string of the molecule is Nc1cc(S(=O)(=O)N(CCO)CC(F)(F)F)c(F)cc1Br. The second-order valence-corrected chi connectivity index (χ2v) is 6.74. The van der Waals surface area contributed by atoms with Crippen molar-refractivity contribution in [3.8, 4) is 0 Å². The third-order valence-electron chi connectivity index (χ3n) is 2.37. The van der Waals surface area contributed by atoms with Crippen LogP contribution in [0.2, 0.25) is 0 Å². The van der Waals surface area contributed by atoms with E-state index < -0.39 is 46.6 Å². The molecular formula is C10H11BrF4N2O3S. The molecular weight excluding hydrogens is 384 g/mol. The number of halogens is 5. The van der Waals surface area contributed by atoms with E-state index in [-0.39, 0.29) is 14.5 Å².